The Morgan fingerprint density at radius 2 is 1.96 bits per heavy atom. The molecule has 2 N–H and O–H groups in total. The van der Waals surface area contributed by atoms with Gasteiger partial charge in [-0.1, -0.05) is 17.7 Å². The molecule has 0 radical (unpaired) electrons. The number of likely N-dealkylation sites (N-methyl/N-ethyl adjacent to an activating group) is 1. The van der Waals surface area contributed by atoms with Crippen LogP contribution in [0.5, 0.6) is 0 Å². The molecule has 23 heavy (non-hydrogen) atoms. The Kier molecular flexibility index (Phi) is 6.39. The molecule has 6 heteroatoms. The van der Waals surface area contributed by atoms with Crippen LogP contribution in [0.25, 0.3) is 0 Å². The van der Waals surface area contributed by atoms with E-state index in [1.807, 2.05) is 0 Å². The molecule has 2 rings (SSSR count). The SMILES string of the molecule is CC1NNC(C)C1CCCN(C)C(=O)Cc1c(F)cccc1Cl. The molecule has 0 spiro atoms. The second-order valence-corrected chi connectivity index (χ2v) is 6.77. The molecule has 1 aromatic rings. The maximum absolute atomic E-state index is 13.7. The fraction of sp³-hybridized carbons (Fsp3) is 0.588. The van der Waals surface area contributed by atoms with Crippen LogP contribution in [0.2, 0.25) is 5.02 Å². The minimum Gasteiger partial charge on any atom is -0.345 e. The number of halogens is 2. The van der Waals surface area contributed by atoms with E-state index in [1.54, 1.807) is 24.1 Å². The molecule has 1 fully saturated rings. The largest absolute Gasteiger partial charge is 0.345 e. The predicted molar refractivity (Wildman–Crippen MR) is 90.7 cm³/mol. The normalized spacial score (nSPS) is 24.0. The minimum absolute atomic E-state index is 0.00134. The molecule has 1 aromatic carbocycles. The number of amides is 1. The maximum atomic E-state index is 13.7. The van der Waals surface area contributed by atoms with E-state index in [4.69, 9.17) is 11.6 Å². The highest BCUT2D eigenvalue weighted by Gasteiger charge is 2.29. The first kappa shape index (κ1) is 18.2. The average Bonchev–Trinajstić information content (AvgIpc) is 2.82. The van der Waals surface area contributed by atoms with Gasteiger partial charge < -0.3 is 4.90 Å². The molecule has 1 aliphatic heterocycles. The molecule has 1 saturated heterocycles. The van der Waals surface area contributed by atoms with Crippen molar-refractivity contribution in [1.29, 1.82) is 0 Å². The number of hydrazine groups is 1. The topological polar surface area (TPSA) is 44.4 Å². The fourth-order valence-electron chi connectivity index (χ4n) is 3.09. The highest BCUT2D eigenvalue weighted by atomic mass is 35.5. The Morgan fingerprint density at radius 1 is 1.30 bits per heavy atom. The van der Waals surface area contributed by atoms with Crippen molar-refractivity contribution in [2.45, 2.75) is 45.2 Å². The number of rotatable bonds is 6. The third-order valence-electron chi connectivity index (χ3n) is 4.67. The molecule has 2 atom stereocenters. The van der Waals surface area contributed by atoms with E-state index in [1.165, 1.54) is 6.07 Å². The molecular weight excluding hydrogens is 317 g/mol. The van der Waals surface area contributed by atoms with E-state index in [-0.39, 0.29) is 17.9 Å². The third-order valence-corrected chi connectivity index (χ3v) is 5.02. The average molecular weight is 342 g/mol. The molecule has 1 heterocycles. The number of benzene rings is 1. The van der Waals surface area contributed by atoms with Gasteiger partial charge in [0, 0.05) is 36.3 Å². The van der Waals surface area contributed by atoms with Crippen LogP contribution in [-0.2, 0) is 11.2 Å². The Labute approximate surface area is 142 Å². The zero-order valence-corrected chi connectivity index (χ0v) is 14.7. The van der Waals surface area contributed by atoms with Gasteiger partial charge in [0.05, 0.1) is 6.42 Å². The highest BCUT2D eigenvalue weighted by molar-refractivity contribution is 6.31. The van der Waals surface area contributed by atoms with Gasteiger partial charge in [-0.25, -0.2) is 4.39 Å². The lowest BCUT2D eigenvalue weighted by atomic mass is 9.91. The Balaban J connectivity index is 1.81. The van der Waals surface area contributed by atoms with E-state index in [0.29, 0.717) is 29.6 Å². The third kappa shape index (κ3) is 4.66. The van der Waals surface area contributed by atoms with Crippen LogP contribution in [0.1, 0.15) is 32.3 Å². The summed E-state index contributed by atoms with van der Waals surface area (Å²) in [5.74, 6) is 0.0188. The molecule has 0 saturated carbocycles. The first-order chi connectivity index (χ1) is 10.9. The number of hydrogen-bond donors (Lipinski definition) is 2. The first-order valence-electron chi connectivity index (χ1n) is 8.08. The highest BCUT2D eigenvalue weighted by Crippen LogP contribution is 2.21. The van der Waals surface area contributed by atoms with Crippen molar-refractivity contribution in [2.24, 2.45) is 5.92 Å². The summed E-state index contributed by atoms with van der Waals surface area (Å²) in [6.45, 7) is 4.99. The quantitative estimate of drug-likeness (QED) is 0.836. The minimum atomic E-state index is -0.426. The number of carbonyl (C=O) groups is 1. The molecule has 0 aliphatic carbocycles. The van der Waals surface area contributed by atoms with Crippen LogP contribution in [0.3, 0.4) is 0 Å². The van der Waals surface area contributed by atoms with Crippen LogP contribution in [-0.4, -0.2) is 36.5 Å². The van der Waals surface area contributed by atoms with Crippen LogP contribution in [0.4, 0.5) is 4.39 Å². The van der Waals surface area contributed by atoms with Gasteiger partial charge in [0.2, 0.25) is 5.91 Å². The summed E-state index contributed by atoms with van der Waals surface area (Å²) in [5, 5.41) is 0.303. The molecular formula is C17H25ClFN3O. The molecule has 1 amide bonds. The Hall–Kier alpha value is -1.17. The maximum Gasteiger partial charge on any atom is 0.226 e. The van der Waals surface area contributed by atoms with Crippen molar-refractivity contribution < 1.29 is 9.18 Å². The predicted octanol–water partition coefficient (Wildman–Crippen LogP) is 2.76. The Bertz CT molecular complexity index is 524. The molecule has 2 unspecified atom stereocenters. The summed E-state index contributed by atoms with van der Waals surface area (Å²) in [6, 6.07) is 5.35. The van der Waals surface area contributed by atoms with Crippen LogP contribution < -0.4 is 10.9 Å². The van der Waals surface area contributed by atoms with E-state index in [9.17, 15) is 9.18 Å². The standard InChI is InChI=1S/C17H25ClFN3O/c1-11-13(12(2)21-20-11)6-5-9-22(3)17(23)10-14-15(18)7-4-8-16(14)19/h4,7-8,11-13,20-21H,5-6,9-10H2,1-3H3. The zero-order chi connectivity index (χ0) is 17.0. The summed E-state index contributed by atoms with van der Waals surface area (Å²) in [4.78, 5) is 13.9. The van der Waals surface area contributed by atoms with Crippen molar-refractivity contribution in [3.8, 4) is 0 Å². The zero-order valence-electron chi connectivity index (χ0n) is 13.9. The summed E-state index contributed by atoms with van der Waals surface area (Å²) in [5.41, 5.74) is 6.75. The summed E-state index contributed by atoms with van der Waals surface area (Å²) in [6.07, 6.45) is 1.97. The second kappa shape index (κ2) is 8.08. The molecule has 1 aliphatic rings. The van der Waals surface area contributed by atoms with E-state index in [2.05, 4.69) is 24.7 Å². The van der Waals surface area contributed by atoms with Gasteiger partial charge in [-0.3, -0.25) is 15.6 Å². The van der Waals surface area contributed by atoms with Crippen LogP contribution in [0, 0.1) is 11.7 Å². The smallest absolute Gasteiger partial charge is 0.226 e. The van der Waals surface area contributed by atoms with E-state index in [0.717, 1.165) is 12.8 Å². The molecule has 0 aromatic heterocycles. The Morgan fingerprint density at radius 3 is 2.57 bits per heavy atom. The van der Waals surface area contributed by atoms with Crippen LogP contribution >= 0.6 is 11.6 Å². The molecule has 4 nitrogen and oxygen atoms in total. The number of hydrogen-bond acceptors (Lipinski definition) is 3. The molecule has 0 bridgehead atoms. The lowest BCUT2D eigenvalue weighted by Crippen LogP contribution is -2.31. The number of nitrogens with zero attached hydrogens (tertiary/aromatic N) is 1. The number of carbonyl (C=O) groups excluding carboxylic acids is 1. The van der Waals surface area contributed by atoms with Gasteiger partial charge in [0.25, 0.3) is 0 Å². The van der Waals surface area contributed by atoms with Crippen molar-refractivity contribution in [3.63, 3.8) is 0 Å². The monoisotopic (exact) mass is 341 g/mol. The lowest BCUT2D eigenvalue weighted by molar-refractivity contribution is -0.129. The van der Waals surface area contributed by atoms with Gasteiger partial charge in [0.15, 0.2) is 0 Å². The summed E-state index contributed by atoms with van der Waals surface area (Å²) < 4.78 is 13.7. The number of nitrogens with one attached hydrogen (secondary N) is 2. The van der Waals surface area contributed by atoms with Gasteiger partial charge in [-0.05, 0) is 44.7 Å². The van der Waals surface area contributed by atoms with E-state index < -0.39 is 5.82 Å². The molecule has 128 valence electrons. The van der Waals surface area contributed by atoms with Crippen molar-refractivity contribution >= 4 is 17.5 Å². The van der Waals surface area contributed by atoms with Crippen molar-refractivity contribution in [2.75, 3.05) is 13.6 Å². The summed E-state index contributed by atoms with van der Waals surface area (Å²) >= 11 is 5.98. The van der Waals surface area contributed by atoms with Crippen molar-refractivity contribution in [1.82, 2.24) is 15.8 Å². The van der Waals surface area contributed by atoms with Gasteiger partial charge in [-0.2, -0.15) is 0 Å². The second-order valence-electron chi connectivity index (χ2n) is 6.36. The van der Waals surface area contributed by atoms with Gasteiger partial charge in [0.1, 0.15) is 5.82 Å². The van der Waals surface area contributed by atoms with Crippen molar-refractivity contribution in [3.05, 3.63) is 34.6 Å². The lowest BCUT2D eigenvalue weighted by Gasteiger charge is -2.21. The van der Waals surface area contributed by atoms with Crippen LogP contribution in [0.15, 0.2) is 18.2 Å². The summed E-state index contributed by atoms with van der Waals surface area (Å²) in [7, 11) is 1.76. The van der Waals surface area contributed by atoms with Gasteiger partial charge >= 0.3 is 0 Å². The fourth-order valence-corrected chi connectivity index (χ4v) is 3.32. The first-order valence-corrected chi connectivity index (χ1v) is 8.46. The van der Waals surface area contributed by atoms with Gasteiger partial charge in [-0.15, -0.1) is 0 Å². The van der Waals surface area contributed by atoms with E-state index >= 15 is 0 Å².